The highest BCUT2D eigenvalue weighted by atomic mass is 16.5. The number of carbonyl (C=O) groups is 1. The molecular formula is C23H32N4O3. The lowest BCUT2D eigenvalue weighted by Gasteiger charge is -2.14. The van der Waals surface area contributed by atoms with Gasteiger partial charge in [0.1, 0.15) is 11.5 Å². The summed E-state index contributed by atoms with van der Waals surface area (Å²) >= 11 is 0. The Labute approximate surface area is 178 Å². The van der Waals surface area contributed by atoms with Crippen LogP contribution in [0.3, 0.4) is 0 Å². The van der Waals surface area contributed by atoms with E-state index in [2.05, 4.69) is 33.9 Å². The largest absolute Gasteiger partial charge is 0.496 e. The Morgan fingerprint density at radius 1 is 1.10 bits per heavy atom. The molecule has 2 aromatic carbocycles. The van der Waals surface area contributed by atoms with Crippen LogP contribution in [0.4, 0.5) is 0 Å². The minimum absolute atomic E-state index is 0.0103. The third-order valence-electron chi connectivity index (χ3n) is 4.45. The van der Waals surface area contributed by atoms with Crippen molar-refractivity contribution in [3.05, 3.63) is 59.2 Å². The van der Waals surface area contributed by atoms with Crippen molar-refractivity contribution in [2.45, 2.75) is 26.8 Å². The number of rotatable bonds is 10. The fourth-order valence-corrected chi connectivity index (χ4v) is 2.97. The zero-order valence-corrected chi connectivity index (χ0v) is 18.2. The lowest BCUT2D eigenvalue weighted by Crippen LogP contribution is -2.37. The van der Waals surface area contributed by atoms with Crippen molar-refractivity contribution in [2.24, 2.45) is 4.99 Å². The summed E-state index contributed by atoms with van der Waals surface area (Å²) in [5.74, 6) is 2.15. The number of aryl methyl sites for hydroxylation is 1. The van der Waals surface area contributed by atoms with Gasteiger partial charge in [0.25, 0.3) is 5.91 Å². The quantitative estimate of drug-likeness (QED) is 0.412. The second kappa shape index (κ2) is 12.4. The molecule has 1 amide bonds. The van der Waals surface area contributed by atoms with Crippen molar-refractivity contribution in [1.82, 2.24) is 16.0 Å². The average Bonchev–Trinajstić information content (AvgIpc) is 2.75. The Hall–Kier alpha value is -3.22. The molecule has 0 aliphatic carbocycles. The van der Waals surface area contributed by atoms with Crippen molar-refractivity contribution < 1.29 is 14.3 Å². The van der Waals surface area contributed by atoms with Gasteiger partial charge in [-0.25, -0.2) is 0 Å². The van der Waals surface area contributed by atoms with E-state index in [-0.39, 0.29) is 12.5 Å². The first kappa shape index (κ1) is 23.1. The molecule has 0 radical (unpaired) electrons. The van der Waals surface area contributed by atoms with Gasteiger partial charge in [0.2, 0.25) is 0 Å². The van der Waals surface area contributed by atoms with Crippen LogP contribution in [0.2, 0.25) is 0 Å². The van der Waals surface area contributed by atoms with Crippen LogP contribution in [0.15, 0.2) is 47.5 Å². The summed E-state index contributed by atoms with van der Waals surface area (Å²) in [5.41, 5.74) is 3.41. The third-order valence-corrected chi connectivity index (χ3v) is 4.45. The summed E-state index contributed by atoms with van der Waals surface area (Å²) in [6, 6.07) is 13.8. The van der Waals surface area contributed by atoms with Crippen LogP contribution in [0.5, 0.6) is 11.5 Å². The second-order valence-electron chi connectivity index (χ2n) is 6.81. The number of ether oxygens (including phenoxy) is 2. The molecule has 0 atom stereocenters. The topological polar surface area (TPSA) is 84.0 Å². The van der Waals surface area contributed by atoms with Gasteiger partial charge in [-0.3, -0.25) is 9.79 Å². The number of aliphatic imine (C=N–C) groups is 1. The number of nitrogens with one attached hydrogen (secondary N) is 3. The van der Waals surface area contributed by atoms with E-state index in [0.717, 1.165) is 35.8 Å². The van der Waals surface area contributed by atoms with Gasteiger partial charge in [-0.15, -0.1) is 0 Å². The minimum atomic E-state index is -0.129. The lowest BCUT2D eigenvalue weighted by atomic mass is 10.1. The van der Waals surface area contributed by atoms with Gasteiger partial charge < -0.3 is 25.4 Å². The van der Waals surface area contributed by atoms with E-state index in [9.17, 15) is 4.79 Å². The number of benzene rings is 2. The van der Waals surface area contributed by atoms with Crippen molar-refractivity contribution >= 4 is 11.9 Å². The number of guanidine groups is 1. The molecule has 7 nitrogen and oxygen atoms in total. The van der Waals surface area contributed by atoms with E-state index >= 15 is 0 Å². The number of hydrogen-bond donors (Lipinski definition) is 3. The van der Waals surface area contributed by atoms with Gasteiger partial charge in [0, 0.05) is 26.7 Å². The van der Waals surface area contributed by atoms with Crippen molar-refractivity contribution in [2.75, 3.05) is 33.9 Å². The van der Waals surface area contributed by atoms with Gasteiger partial charge in [-0.05, 0) is 49.6 Å². The van der Waals surface area contributed by atoms with Crippen LogP contribution in [0.25, 0.3) is 0 Å². The van der Waals surface area contributed by atoms with Crippen molar-refractivity contribution in [3.63, 3.8) is 0 Å². The molecule has 162 valence electrons. The summed E-state index contributed by atoms with van der Waals surface area (Å²) < 4.78 is 11.0. The summed E-state index contributed by atoms with van der Waals surface area (Å²) in [4.78, 5) is 15.8. The highest BCUT2D eigenvalue weighted by Gasteiger charge is 2.05. The first-order chi connectivity index (χ1) is 14.5. The maximum atomic E-state index is 11.5. The maximum absolute atomic E-state index is 11.5. The highest BCUT2D eigenvalue weighted by Crippen LogP contribution is 2.19. The predicted octanol–water partition coefficient (Wildman–Crippen LogP) is 2.43. The molecule has 0 bridgehead atoms. The number of likely N-dealkylation sites (N-methyl/N-ethyl adjacent to an activating group) is 1. The molecule has 2 aromatic rings. The Bertz CT molecular complexity index is 852. The number of methoxy groups -OCH3 is 1. The number of hydrogen-bond acceptors (Lipinski definition) is 4. The molecule has 0 saturated carbocycles. The van der Waals surface area contributed by atoms with Crippen molar-refractivity contribution in [1.29, 1.82) is 0 Å². The monoisotopic (exact) mass is 412 g/mol. The van der Waals surface area contributed by atoms with E-state index < -0.39 is 0 Å². The molecule has 0 saturated heterocycles. The molecule has 0 heterocycles. The fourth-order valence-electron chi connectivity index (χ4n) is 2.97. The van der Waals surface area contributed by atoms with Crippen LogP contribution < -0.4 is 25.4 Å². The fraction of sp³-hybridized carbons (Fsp3) is 0.391. The van der Waals surface area contributed by atoms with Crippen LogP contribution in [-0.2, 0) is 17.8 Å². The molecule has 0 fully saturated rings. The summed E-state index contributed by atoms with van der Waals surface area (Å²) in [5, 5.41) is 9.34. The highest BCUT2D eigenvalue weighted by molar-refractivity contribution is 5.79. The van der Waals surface area contributed by atoms with Gasteiger partial charge in [-0.2, -0.15) is 0 Å². The van der Waals surface area contributed by atoms with Crippen LogP contribution in [0.1, 0.15) is 23.6 Å². The van der Waals surface area contributed by atoms with E-state index in [1.54, 1.807) is 14.2 Å². The molecule has 0 aliphatic heterocycles. The maximum Gasteiger partial charge on any atom is 0.257 e. The molecule has 3 N–H and O–H groups in total. The molecule has 2 rings (SSSR count). The lowest BCUT2D eigenvalue weighted by molar-refractivity contribution is -0.122. The normalized spacial score (nSPS) is 11.0. The Morgan fingerprint density at radius 3 is 2.67 bits per heavy atom. The number of carbonyl (C=O) groups excluding carboxylic acids is 1. The van der Waals surface area contributed by atoms with E-state index in [1.165, 1.54) is 5.56 Å². The predicted molar refractivity (Wildman–Crippen MR) is 120 cm³/mol. The smallest absolute Gasteiger partial charge is 0.257 e. The molecular weight excluding hydrogens is 380 g/mol. The number of nitrogens with zero attached hydrogens (tertiary/aromatic N) is 1. The molecule has 0 aromatic heterocycles. The standard InChI is InChI=1S/C23H32N4O3/c1-5-25-22(28)16-30-20-8-6-7-18(14-20)15-27-23(24-3)26-12-11-19-13-17(2)9-10-21(19)29-4/h6-10,13-14H,5,11-12,15-16H2,1-4H3,(H,25,28)(H2,24,26,27). The first-order valence-electron chi connectivity index (χ1n) is 10.1. The zero-order valence-electron chi connectivity index (χ0n) is 18.2. The Kier molecular flexibility index (Phi) is 9.51. The summed E-state index contributed by atoms with van der Waals surface area (Å²) in [6.07, 6.45) is 0.828. The second-order valence-corrected chi connectivity index (χ2v) is 6.81. The number of amides is 1. The van der Waals surface area contributed by atoms with Gasteiger partial charge in [0.05, 0.1) is 7.11 Å². The minimum Gasteiger partial charge on any atom is -0.496 e. The van der Waals surface area contributed by atoms with Gasteiger partial charge in [-0.1, -0.05) is 29.8 Å². The Morgan fingerprint density at radius 2 is 1.93 bits per heavy atom. The average molecular weight is 413 g/mol. The summed E-state index contributed by atoms with van der Waals surface area (Å²) in [6.45, 7) is 5.87. The first-order valence-corrected chi connectivity index (χ1v) is 10.1. The van der Waals surface area contributed by atoms with E-state index in [4.69, 9.17) is 9.47 Å². The molecule has 0 spiro atoms. The summed E-state index contributed by atoms with van der Waals surface area (Å²) in [7, 11) is 3.44. The molecule has 0 aliphatic rings. The molecule has 0 unspecified atom stereocenters. The zero-order chi connectivity index (χ0) is 21.8. The van der Waals surface area contributed by atoms with Crippen LogP contribution in [0, 0.1) is 6.92 Å². The van der Waals surface area contributed by atoms with E-state index in [0.29, 0.717) is 18.8 Å². The molecule has 7 heteroatoms. The molecule has 30 heavy (non-hydrogen) atoms. The van der Waals surface area contributed by atoms with E-state index in [1.807, 2.05) is 43.3 Å². The van der Waals surface area contributed by atoms with Gasteiger partial charge >= 0.3 is 0 Å². The van der Waals surface area contributed by atoms with Crippen molar-refractivity contribution in [3.8, 4) is 11.5 Å². The SMILES string of the molecule is CCNC(=O)COc1cccc(CNC(=NC)NCCc2cc(C)ccc2OC)c1. The van der Waals surface area contributed by atoms with Gasteiger partial charge in [0.15, 0.2) is 12.6 Å². The third kappa shape index (κ3) is 7.66. The van der Waals surface area contributed by atoms with Crippen LogP contribution >= 0.6 is 0 Å². The van der Waals surface area contributed by atoms with Crippen LogP contribution in [-0.4, -0.2) is 45.7 Å². The Balaban J connectivity index is 1.82.